The van der Waals surface area contributed by atoms with Gasteiger partial charge in [-0.05, 0) is 30.7 Å². The monoisotopic (exact) mass is 248 g/mol. The number of nitrogens with one attached hydrogen (secondary N) is 1. The van der Waals surface area contributed by atoms with E-state index in [0.717, 1.165) is 19.3 Å². The number of hydrogen-bond acceptors (Lipinski definition) is 3. The molecule has 0 aromatic heterocycles. The molecule has 0 saturated heterocycles. The van der Waals surface area contributed by atoms with Gasteiger partial charge in [-0.3, -0.25) is 0 Å². The average Bonchev–Trinajstić information content (AvgIpc) is 2.45. The summed E-state index contributed by atoms with van der Waals surface area (Å²) < 4.78 is 26.6. The van der Waals surface area contributed by atoms with Gasteiger partial charge in [-0.15, -0.1) is 0 Å². The van der Waals surface area contributed by atoms with Crippen LogP contribution in [0.2, 0.25) is 0 Å². The summed E-state index contributed by atoms with van der Waals surface area (Å²) in [5.41, 5.74) is 5.43. The van der Waals surface area contributed by atoms with Gasteiger partial charge < -0.3 is 5.73 Å². The molecular formula is C11H24N2O2S. The molecule has 1 aliphatic carbocycles. The van der Waals surface area contributed by atoms with E-state index >= 15 is 0 Å². The quantitative estimate of drug-likeness (QED) is 0.782. The van der Waals surface area contributed by atoms with Crippen LogP contribution in [0.25, 0.3) is 0 Å². The molecule has 3 N–H and O–H groups in total. The molecule has 0 spiro atoms. The second-order valence-electron chi connectivity index (χ2n) is 5.97. The third-order valence-electron chi connectivity index (χ3n) is 2.92. The maximum atomic E-state index is 11.9. The average molecular weight is 248 g/mol. The highest BCUT2D eigenvalue weighted by atomic mass is 32.2. The minimum atomic E-state index is -3.17. The third kappa shape index (κ3) is 4.39. The SMILES string of the molecule is CC(C)(C)CS(=O)(=O)NC1CCCC1CN. The van der Waals surface area contributed by atoms with E-state index in [-0.39, 0.29) is 17.2 Å². The molecule has 1 fully saturated rings. The molecular weight excluding hydrogens is 224 g/mol. The maximum Gasteiger partial charge on any atom is 0.212 e. The second-order valence-corrected chi connectivity index (χ2v) is 7.72. The molecule has 2 atom stereocenters. The zero-order valence-corrected chi connectivity index (χ0v) is 11.3. The lowest BCUT2D eigenvalue weighted by molar-refractivity contribution is 0.431. The highest BCUT2D eigenvalue weighted by molar-refractivity contribution is 7.89. The molecule has 2 unspecified atom stereocenters. The standard InChI is InChI=1S/C11H24N2O2S/c1-11(2,3)8-16(14,15)13-10-6-4-5-9(10)7-12/h9-10,13H,4-8,12H2,1-3H3. The van der Waals surface area contributed by atoms with Crippen LogP contribution in [0.5, 0.6) is 0 Å². The van der Waals surface area contributed by atoms with Gasteiger partial charge in [-0.1, -0.05) is 27.2 Å². The Morgan fingerprint density at radius 2 is 1.94 bits per heavy atom. The van der Waals surface area contributed by atoms with E-state index in [2.05, 4.69) is 4.72 Å². The Bertz CT molecular complexity index is 319. The van der Waals surface area contributed by atoms with E-state index in [1.807, 2.05) is 20.8 Å². The second kappa shape index (κ2) is 5.02. The molecule has 1 rings (SSSR count). The zero-order chi connectivity index (χ0) is 12.4. The molecule has 1 aliphatic rings. The Hall–Kier alpha value is -0.130. The van der Waals surface area contributed by atoms with Crippen molar-refractivity contribution in [2.75, 3.05) is 12.3 Å². The number of rotatable bonds is 4. The Kier molecular flexibility index (Phi) is 4.37. The third-order valence-corrected chi connectivity index (χ3v) is 4.82. The largest absolute Gasteiger partial charge is 0.330 e. The van der Waals surface area contributed by atoms with Crippen LogP contribution in [-0.4, -0.2) is 26.8 Å². The summed E-state index contributed by atoms with van der Waals surface area (Å²) in [5.74, 6) is 0.489. The molecule has 5 heteroatoms. The van der Waals surface area contributed by atoms with Crippen LogP contribution in [0, 0.1) is 11.3 Å². The topological polar surface area (TPSA) is 72.2 Å². The first kappa shape index (κ1) is 13.9. The first-order chi connectivity index (χ1) is 7.23. The van der Waals surface area contributed by atoms with E-state index in [1.165, 1.54) is 0 Å². The summed E-state index contributed by atoms with van der Waals surface area (Å²) in [6.45, 7) is 6.37. The summed E-state index contributed by atoms with van der Waals surface area (Å²) in [5, 5.41) is 0. The van der Waals surface area contributed by atoms with Crippen LogP contribution in [0.4, 0.5) is 0 Å². The number of hydrogen-bond donors (Lipinski definition) is 2. The van der Waals surface area contributed by atoms with Crippen molar-refractivity contribution in [1.82, 2.24) is 4.72 Å². The van der Waals surface area contributed by atoms with Gasteiger partial charge in [0.2, 0.25) is 10.0 Å². The van der Waals surface area contributed by atoms with E-state index < -0.39 is 10.0 Å². The first-order valence-corrected chi connectivity index (χ1v) is 7.59. The molecule has 0 bridgehead atoms. The van der Waals surface area contributed by atoms with Gasteiger partial charge in [-0.25, -0.2) is 13.1 Å². The first-order valence-electron chi connectivity index (χ1n) is 5.93. The maximum absolute atomic E-state index is 11.9. The predicted octanol–water partition coefficient (Wildman–Crippen LogP) is 1.08. The summed E-state index contributed by atoms with van der Waals surface area (Å²) in [7, 11) is -3.17. The molecule has 96 valence electrons. The van der Waals surface area contributed by atoms with E-state index in [0.29, 0.717) is 12.5 Å². The molecule has 0 aromatic carbocycles. The smallest absolute Gasteiger partial charge is 0.212 e. The lowest BCUT2D eigenvalue weighted by Crippen LogP contribution is -2.42. The van der Waals surface area contributed by atoms with Gasteiger partial charge in [0.15, 0.2) is 0 Å². The van der Waals surface area contributed by atoms with Crippen molar-refractivity contribution in [3.8, 4) is 0 Å². The highest BCUT2D eigenvalue weighted by Gasteiger charge is 2.31. The fourth-order valence-electron chi connectivity index (χ4n) is 2.32. The van der Waals surface area contributed by atoms with Crippen molar-refractivity contribution in [2.24, 2.45) is 17.1 Å². The van der Waals surface area contributed by atoms with Crippen LogP contribution in [-0.2, 0) is 10.0 Å². The predicted molar refractivity (Wildman–Crippen MR) is 66.6 cm³/mol. The lowest BCUT2D eigenvalue weighted by Gasteiger charge is -2.23. The highest BCUT2D eigenvalue weighted by Crippen LogP contribution is 2.26. The van der Waals surface area contributed by atoms with E-state index in [1.54, 1.807) is 0 Å². The van der Waals surface area contributed by atoms with Crippen molar-refractivity contribution in [2.45, 2.75) is 46.1 Å². The Balaban J connectivity index is 2.59. The Morgan fingerprint density at radius 1 is 1.31 bits per heavy atom. The summed E-state index contributed by atoms with van der Waals surface area (Å²) >= 11 is 0. The van der Waals surface area contributed by atoms with Gasteiger partial charge in [0.25, 0.3) is 0 Å². The summed E-state index contributed by atoms with van der Waals surface area (Å²) in [4.78, 5) is 0. The molecule has 0 aliphatic heterocycles. The fourth-order valence-corrected chi connectivity index (χ4v) is 4.31. The summed E-state index contributed by atoms with van der Waals surface area (Å²) in [6, 6.07) is 0.0531. The van der Waals surface area contributed by atoms with E-state index in [4.69, 9.17) is 5.73 Å². The molecule has 0 heterocycles. The van der Waals surface area contributed by atoms with Crippen LogP contribution < -0.4 is 10.5 Å². The number of nitrogens with two attached hydrogens (primary N) is 1. The molecule has 4 nitrogen and oxygen atoms in total. The zero-order valence-electron chi connectivity index (χ0n) is 10.5. The minimum absolute atomic E-state index is 0.0531. The molecule has 1 saturated carbocycles. The summed E-state index contributed by atoms with van der Waals surface area (Å²) in [6.07, 6.45) is 3.04. The van der Waals surface area contributed by atoms with Crippen LogP contribution in [0.3, 0.4) is 0 Å². The van der Waals surface area contributed by atoms with Crippen molar-refractivity contribution in [3.05, 3.63) is 0 Å². The lowest BCUT2D eigenvalue weighted by atomic mass is 10.0. The van der Waals surface area contributed by atoms with Gasteiger partial charge in [-0.2, -0.15) is 0 Å². The van der Waals surface area contributed by atoms with Crippen molar-refractivity contribution >= 4 is 10.0 Å². The minimum Gasteiger partial charge on any atom is -0.330 e. The van der Waals surface area contributed by atoms with Crippen molar-refractivity contribution in [3.63, 3.8) is 0 Å². The molecule has 0 aromatic rings. The van der Waals surface area contributed by atoms with Gasteiger partial charge in [0, 0.05) is 6.04 Å². The number of sulfonamides is 1. The molecule has 0 radical (unpaired) electrons. The van der Waals surface area contributed by atoms with Crippen LogP contribution >= 0.6 is 0 Å². The molecule has 0 amide bonds. The van der Waals surface area contributed by atoms with Gasteiger partial charge in [0.05, 0.1) is 5.75 Å². The van der Waals surface area contributed by atoms with Gasteiger partial charge in [0.1, 0.15) is 0 Å². The van der Waals surface area contributed by atoms with Crippen molar-refractivity contribution < 1.29 is 8.42 Å². The van der Waals surface area contributed by atoms with Crippen LogP contribution in [0.15, 0.2) is 0 Å². The fraction of sp³-hybridized carbons (Fsp3) is 1.00. The normalized spacial score (nSPS) is 27.2. The Morgan fingerprint density at radius 3 is 2.44 bits per heavy atom. The Labute approximate surface area is 99.0 Å². The van der Waals surface area contributed by atoms with Gasteiger partial charge >= 0.3 is 0 Å². The molecule has 16 heavy (non-hydrogen) atoms. The van der Waals surface area contributed by atoms with Crippen LogP contribution in [0.1, 0.15) is 40.0 Å². The van der Waals surface area contributed by atoms with Crippen molar-refractivity contribution in [1.29, 1.82) is 0 Å². The van der Waals surface area contributed by atoms with E-state index in [9.17, 15) is 8.42 Å².